The predicted octanol–water partition coefficient (Wildman–Crippen LogP) is 2.31. The Hall–Kier alpha value is -1.13. The summed E-state index contributed by atoms with van der Waals surface area (Å²) in [6.07, 6.45) is 5.17. The van der Waals surface area contributed by atoms with Crippen LogP contribution >= 0.6 is 11.6 Å². The average molecular weight is 279 g/mol. The van der Waals surface area contributed by atoms with E-state index in [2.05, 4.69) is 26.5 Å². The molecule has 19 heavy (non-hydrogen) atoms. The minimum absolute atomic E-state index is 0.591. The zero-order valence-electron chi connectivity index (χ0n) is 11.2. The van der Waals surface area contributed by atoms with Crippen LogP contribution in [0.2, 0.25) is 0 Å². The largest absolute Gasteiger partial charge is 0.311 e. The Balaban J connectivity index is 1.97. The van der Waals surface area contributed by atoms with Crippen molar-refractivity contribution in [2.24, 2.45) is 0 Å². The van der Waals surface area contributed by atoms with E-state index in [9.17, 15) is 0 Å². The van der Waals surface area contributed by atoms with E-state index in [-0.39, 0.29) is 0 Å². The lowest BCUT2D eigenvalue weighted by Gasteiger charge is -2.21. The molecule has 0 saturated carbocycles. The third kappa shape index (κ3) is 2.47. The lowest BCUT2D eigenvalue weighted by Crippen LogP contribution is -2.30. The first-order valence-electron chi connectivity index (χ1n) is 6.86. The van der Waals surface area contributed by atoms with E-state index in [1.807, 2.05) is 18.3 Å². The molecule has 1 aliphatic heterocycles. The molecule has 4 nitrogen and oxygen atoms in total. The lowest BCUT2D eigenvalue weighted by molar-refractivity contribution is 0.282. The Bertz CT molecular complexity index is 566. The van der Waals surface area contributed by atoms with Gasteiger partial charge in [0.05, 0.1) is 0 Å². The number of pyridine rings is 1. The first kappa shape index (κ1) is 12.9. The minimum atomic E-state index is 0.591. The number of likely N-dealkylation sites (tertiary alicyclic amines) is 1. The molecule has 0 radical (unpaired) electrons. The molecule has 5 heteroatoms. The van der Waals surface area contributed by atoms with Gasteiger partial charge in [-0.25, -0.2) is 9.97 Å². The maximum absolute atomic E-state index is 5.90. The third-order valence-corrected chi connectivity index (χ3v) is 4.15. The SMILES string of the molecule is CN1CCCC1Cn1c(CCCl)nc2cccnc21. The second-order valence-corrected chi connectivity index (χ2v) is 5.58. The van der Waals surface area contributed by atoms with Gasteiger partial charge in [-0.15, -0.1) is 11.6 Å². The fraction of sp³-hybridized carbons (Fsp3) is 0.571. The van der Waals surface area contributed by atoms with Crippen LogP contribution in [-0.2, 0) is 13.0 Å². The molecule has 2 aromatic rings. The standard InChI is InChI=1S/C14H19ClN4/c1-18-9-3-4-11(18)10-19-13(6-7-15)17-12-5-2-8-16-14(12)19/h2,5,8,11H,3-4,6-7,9-10H2,1H3. The summed E-state index contributed by atoms with van der Waals surface area (Å²) < 4.78 is 2.25. The van der Waals surface area contributed by atoms with Gasteiger partial charge in [0.2, 0.25) is 0 Å². The number of alkyl halides is 1. The highest BCUT2D eigenvalue weighted by Gasteiger charge is 2.23. The van der Waals surface area contributed by atoms with Gasteiger partial charge in [0, 0.05) is 31.1 Å². The zero-order chi connectivity index (χ0) is 13.2. The number of nitrogens with zero attached hydrogens (tertiary/aromatic N) is 4. The highest BCUT2D eigenvalue weighted by atomic mass is 35.5. The van der Waals surface area contributed by atoms with E-state index in [4.69, 9.17) is 11.6 Å². The molecule has 1 unspecified atom stereocenters. The van der Waals surface area contributed by atoms with Crippen molar-refractivity contribution < 1.29 is 0 Å². The Labute approximate surface area is 118 Å². The van der Waals surface area contributed by atoms with Gasteiger partial charge in [-0.2, -0.15) is 0 Å². The number of aryl methyl sites for hydroxylation is 1. The molecule has 102 valence electrons. The summed E-state index contributed by atoms with van der Waals surface area (Å²) in [5.41, 5.74) is 1.96. The number of likely N-dealkylation sites (N-methyl/N-ethyl adjacent to an activating group) is 1. The van der Waals surface area contributed by atoms with Gasteiger partial charge in [-0.1, -0.05) is 0 Å². The molecule has 0 bridgehead atoms. The van der Waals surface area contributed by atoms with Crippen LogP contribution in [0.25, 0.3) is 11.2 Å². The molecule has 1 atom stereocenters. The van der Waals surface area contributed by atoms with Crippen LogP contribution < -0.4 is 0 Å². The second kappa shape index (κ2) is 5.47. The fourth-order valence-electron chi connectivity index (χ4n) is 2.89. The topological polar surface area (TPSA) is 34.0 Å². The van der Waals surface area contributed by atoms with E-state index in [0.717, 1.165) is 30.0 Å². The molecule has 2 aromatic heterocycles. The Morgan fingerprint density at radius 3 is 3.11 bits per heavy atom. The van der Waals surface area contributed by atoms with E-state index in [1.165, 1.54) is 19.4 Å². The van der Waals surface area contributed by atoms with Gasteiger partial charge >= 0.3 is 0 Å². The number of hydrogen-bond donors (Lipinski definition) is 0. The second-order valence-electron chi connectivity index (χ2n) is 5.20. The number of halogens is 1. The monoisotopic (exact) mass is 278 g/mol. The molecule has 1 fully saturated rings. The summed E-state index contributed by atoms with van der Waals surface area (Å²) in [7, 11) is 2.20. The van der Waals surface area contributed by atoms with Crippen LogP contribution in [0, 0.1) is 0 Å². The predicted molar refractivity (Wildman–Crippen MR) is 77.6 cm³/mol. The molecule has 3 heterocycles. The van der Waals surface area contributed by atoms with Crippen LogP contribution in [0.4, 0.5) is 0 Å². The van der Waals surface area contributed by atoms with Crippen molar-refractivity contribution in [1.29, 1.82) is 0 Å². The molecule has 0 N–H and O–H groups in total. The zero-order valence-corrected chi connectivity index (χ0v) is 12.0. The molecule has 3 rings (SSSR count). The number of fused-ring (bicyclic) bond motifs is 1. The Morgan fingerprint density at radius 1 is 1.47 bits per heavy atom. The fourth-order valence-corrected chi connectivity index (χ4v) is 3.06. The summed E-state index contributed by atoms with van der Waals surface area (Å²) in [4.78, 5) is 11.6. The van der Waals surface area contributed by atoms with Crippen molar-refractivity contribution in [3.8, 4) is 0 Å². The first-order chi connectivity index (χ1) is 9.29. The number of hydrogen-bond acceptors (Lipinski definition) is 3. The van der Waals surface area contributed by atoms with Gasteiger partial charge in [0.1, 0.15) is 11.3 Å². The van der Waals surface area contributed by atoms with Gasteiger partial charge in [0.15, 0.2) is 5.65 Å². The average Bonchev–Trinajstić information content (AvgIpc) is 2.96. The molecule has 0 aliphatic carbocycles. The van der Waals surface area contributed by atoms with E-state index in [1.54, 1.807) is 0 Å². The lowest BCUT2D eigenvalue weighted by atomic mass is 10.2. The molecular formula is C14H19ClN4. The van der Waals surface area contributed by atoms with Gasteiger partial charge < -0.3 is 9.47 Å². The van der Waals surface area contributed by atoms with Crippen molar-refractivity contribution in [2.75, 3.05) is 19.5 Å². The van der Waals surface area contributed by atoms with Crippen molar-refractivity contribution in [3.63, 3.8) is 0 Å². The molecule has 1 saturated heterocycles. The number of aromatic nitrogens is 3. The molecule has 0 aromatic carbocycles. The first-order valence-corrected chi connectivity index (χ1v) is 7.39. The quantitative estimate of drug-likeness (QED) is 0.805. The van der Waals surface area contributed by atoms with Crippen LogP contribution in [0.1, 0.15) is 18.7 Å². The summed E-state index contributed by atoms with van der Waals surface area (Å²) in [5, 5.41) is 0. The van der Waals surface area contributed by atoms with Gasteiger partial charge in [-0.05, 0) is 38.6 Å². The van der Waals surface area contributed by atoms with E-state index >= 15 is 0 Å². The van der Waals surface area contributed by atoms with E-state index < -0.39 is 0 Å². The smallest absolute Gasteiger partial charge is 0.160 e. The van der Waals surface area contributed by atoms with Crippen molar-refractivity contribution in [1.82, 2.24) is 19.4 Å². The van der Waals surface area contributed by atoms with Crippen molar-refractivity contribution >= 4 is 22.8 Å². The Morgan fingerprint density at radius 2 is 2.37 bits per heavy atom. The molecular weight excluding hydrogens is 260 g/mol. The highest BCUT2D eigenvalue weighted by molar-refractivity contribution is 6.17. The normalized spacial score (nSPS) is 20.4. The van der Waals surface area contributed by atoms with Crippen molar-refractivity contribution in [2.45, 2.75) is 31.8 Å². The maximum atomic E-state index is 5.90. The summed E-state index contributed by atoms with van der Waals surface area (Å²) >= 11 is 5.90. The molecule has 1 aliphatic rings. The molecule has 0 spiro atoms. The summed E-state index contributed by atoms with van der Waals surface area (Å²) in [6.45, 7) is 2.16. The summed E-state index contributed by atoms with van der Waals surface area (Å²) in [6, 6.07) is 4.55. The van der Waals surface area contributed by atoms with Crippen LogP contribution in [-0.4, -0.2) is 44.9 Å². The number of imidazole rings is 1. The van der Waals surface area contributed by atoms with E-state index in [0.29, 0.717) is 11.9 Å². The Kier molecular flexibility index (Phi) is 3.71. The highest BCUT2D eigenvalue weighted by Crippen LogP contribution is 2.21. The maximum Gasteiger partial charge on any atom is 0.160 e. The van der Waals surface area contributed by atoms with Crippen LogP contribution in [0.5, 0.6) is 0 Å². The number of rotatable bonds is 4. The third-order valence-electron chi connectivity index (χ3n) is 3.97. The minimum Gasteiger partial charge on any atom is -0.311 e. The molecule has 0 amide bonds. The van der Waals surface area contributed by atoms with Crippen LogP contribution in [0.15, 0.2) is 18.3 Å². The van der Waals surface area contributed by atoms with Crippen molar-refractivity contribution in [3.05, 3.63) is 24.2 Å². The van der Waals surface area contributed by atoms with Crippen LogP contribution in [0.3, 0.4) is 0 Å². The summed E-state index contributed by atoms with van der Waals surface area (Å²) in [5.74, 6) is 1.66. The van der Waals surface area contributed by atoms with Gasteiger partial charge in [-0.3, -0.25) is 0 Å². The van der Waals surface area contributed by atoms with Gasteiger partial charge in [0.25, 0.3) is 0 Å².